The molecular formula is C11H5BrF4N6O. The highest BCUT2D eigenvalue weighted by Gasteiger charge is 2.33. The molecule has 0 radical (unpaired) electrons. The Morgan fingerprint density at radius 1 is 1.43 bits per heavy atom. The van der Waals surface area contributed by atoms with Crippen molar-refractivity contribution in [3.8, 4) is 11.8 Å². The number of alkyl halides is 3. The molecule has 1 aromatic carbocycles. The molecule has 1 aromatic heterocycles. The summed E-state index contributed by atoms with van der Waals surface area (Å²) in [6, 6.07) is 3.67. The number of allylic oxidation sites excluding steroid dienone is 1. The second-order valence-corrected chi connectivity index (χ2v) is 4.78. The van der Waals surface area contributed by atoms with E-state index in [1.807, 2.05) is 0 Å². The number of anilines is 1. The van der Waals surface area contributed by atoms with Crippen LogP contribution >= 0.6 is 15.9 Å². The van der Waals surface area contributed by atoms with Crippen LogP contribution in [0, 0.1) is 17.1 Å². The number of aromatic nitrogens is 4. The van der Waals surface area contributed by atoms with E-state index < -0.39 is 17.9 Å². The molecular weight excluding hydrogens is 388 g/mol. The van der Waals surface area contributed by atoms with Crippen LogP contribution in [0.2, 0.25) is 0 Å². The number of tetrazole rings is 1. The van der Waals surface area contributed by atoms with Crippen LogP contribution in [0.1, 0.15) is 5.82 Å². The number of hydrogen-bond donors (Lipinski definition) is 2. The molecule has 0 saturated heterocycles. The van der Waals surface area contributed by atoms with Gasteiger partial charge in [-0.15, -0.1) is 23.4 Å². The summed E-state index contributed by atoms with van der Waals surface area (Å²) >= 11 is 2.95. The van der Waals surface area contributed by atoms with Gasteiger partial charge in [-0.05, 0) is 17.3 Å². The minimum atomic E-state index is -5.08. The van der Waals surface area contributed by atoms with E-state index in [-0.39, 0.29) is 21.6 Å². The summed E-state index contributed by atoms with van der Waals surface area (Å²) in [5, 5.41) is 23.8. The Bertz CT molecular complexity index is 768. The average molecular weight is 393 g/mol. The van der Waals surface area contributed by atoms with Crippen molar-refractivity contribution in [3.63, 3.8) is 0 Å². The van der Waals surface area contributed by atoms with E-state index in [0.29, 0.717) is 0 Å². The normalized spacial score (nSPS) is 11.9. The highest BCUT2D eigenvalue weighted by Crippen LogP contribution is 2.35. The molecule has 12 heteroatoms. The first kappa shape index (κ1) is 16.7. The zero-order valence-electron chi connectivity index (χ0n) is 10.8. The number of nitrogens with zero attached hydrogens (tertiary/aromatic N) is 4. The molecule has 0 spiro atoms. The van der Waals surface area contributed by atoms with Crippen LogP contribution in [0.25, 0.3) is 5.57 Å². The summed E-state index contributed by atoms with van der Waals surface area (Å²) in [6.07, 6.45) is -4.09. The van der Waals surface area contributed by atoms with Crippen LogP contribution in [0.3, 0.4) is 0 Å². The smallest absolute Gasteiger partial charge is 0.400 e. The van der Waals surface area contributed by atoms with Gasteiger partial charge in [-0.3, -0.25) is 0 Å². The van der Waals surface area contributed by atoms with Gasteiger partial charge in [-0.2, -0.15) is 10.5 Å². The third-order valence-electron chi connectivity index (χ3n) is 2.30. The summed E-state index contributed by atoms with van der Waals surface area (Å²) in [4.78, 5) is 0. The van der Waals surface area contributed by atoms with Crippen LogP contribution in [0.5, 0.6) is 5.75 Å². The molecule has 0 saturated carbocycles. The number of ether oxygens (including phenoxy) is 1. The van der Waals surface area contributed by atoms with Gasteiger partial charge in [-0.25, -0.2) is 4.39 Å². The summed E-state index contributed by atoms with van der Waals surface area (Å²) in [5.74, 6) is -2.40. The first-order valence-corrected chi connectivity index (χ1v) is 6.45. The number of rotatable bonds is 4. The fourth-order valence-electron chi connectivity index (χ4n) is 1.46. The maximum absolute atomic E-state index is 13.7. The van der Waals surface area contributed by atoms with Gasteiger partial charge >= 0.3 is 6.36 Å². The molecule has 0 amide bonds. The summed E-state index contributed by atoms with van der Waals surface area (Å²) < 4.78 is 54.6. The van der Waals surface area contributed by atoms with E-state index in [1.165, 1.54) is 0 Å². The topological polar surface area (TPSA) is 99.5 Å². The Morgan fingerprint density at radius 2 is 2.17 bits per heavy atom. The lowest BCUT2D eigenvalue weighted by molar-refractivity contribution is -0.275. The van der Waals surface area contributed by atoms with Gasteiger partial charge in [0.2, 0.25) is 5.82 Å². The molecule has 2 rings (SSSR count). The zero-order chi connectivity index (χ0) is 17.0. The lowest BCUT2D eigenvalue weighted by atomic mass is 10.2. The number of nitriles is 1. The molecule has 2 aromatic rings. The second kappa shape index (κ2) is 6.61. The van der Waals surface area contributed by atoms with Gasteiger partial charge in [0.05, 0.1) is 5.69 Å². The van der Waals surface area contributed by atoms with Crippen molar-refractivity contribution >= 4 is 27.2 Å². The van der Waals surface area contributed by atoms with E-state index in [9.17, 15) is 17.6 Å². The first-order valence-electron chi connectivity index (χ1n) is 5.65. The van der Waals surface area contributed by atoms with Gasteiger partial charge in [0, 0.05) is 10.7 Å². The molecule has 7 nitrogen and oxygen atoms in total. The highest BCUT2D eigenvalue weighted by atomic mass is 79.9. The fraction of sp³-hybridized carbons (Fsp3) is 0.0909. The molecule has 0 atom stereocenters. The Morgan fingerprint density at radius 3 is 2.74 bits per heavy atom. The zero-order valence-corrected chi connectivity index (χ0v) is 12.4. The summed E-state index contributed by atoms with van der Waals surface area (Å²) in [6.45, 7) is 0. The number of H-pyrrole nitrogens is 1. The third-order valence-corrected chi connectivity index (χ3v) is 2.76. The minimum absolute atomic E-state index is 0.0891. The molecule has 0 unspecified atom stereocenters. The number of halogens is 5. The lowest BCUT2D eigenvalue weighted by Crippen LogP contribution is -2.19. The van der Waals surface area contributed by atoms with Gasteiger partial charge in [0.25, 0.3) is 0 Å². The van der Waals surface area contributed by atoms with Crippen molar-refractivity contribution < 1.29 is 22.3 Å². The highest BCUT2D eigenvalue weighted by molar-refractivity contribution is 9.10. The average Bonchev–Trinajstić information content (AvgIpc) is 2.96. The van der Waals surface area contributed by atoms with Crippen molar-refractivity contribution in [1.29, 1.82) is 5.26 Å². The predicted octanol–water partition coefficient (Wildman–Crippen LogP) is 2.98. The predicted molar refractivity (Wildman–Crippen MR) is 72.2 cm³/mol. The number of hydrogen-bond acceptors (Lipinski definition) is 6. The first-order chi connectivity index (χ1) is 10.8. The number of benzene rings is 1. The molecule has 0 aliphatic carbocycles. The van der Waals surface area contributed by atoms with Crippen LogP contribution in [-0.2, 0) is 0 Å². The summed E-state index contributed by atoms with van der Waals surface area (Å²) in [5.41, 5.74) is -0.498. The standard InChI is InChI=1S/C11H5BrF4N6O/c12-6-1-7(13)9(23-11(14,15)16)8(2-6)18-4-5(3-17)10-19-21-22-20-10/h1-2,4,18H,(H,19,20,21,22). The van der Waals surface area contributed by atoms with Crippen molar-refractivity contribution in [2.24, 2.45) is 0 Å². The molecule has 2 N–H and O–H groups in total. The molecule has 23 heavy (non-hydrogen) atoms. The molecule has 0 aliphatic heterocycles. The monoisotopic (exact) mass is 392 g/mol. The van der Waals surface area contributed by atoms with Crippen molar-refractivity contribution in [3.05, 3.63) is 34.4 Å². The molecule has 0 fully saturated rings. The Hall–Kier alpha value is -2.68. The second-order valence-electron chi connectivity index (χ2n) is 3.86. The van der Waals surface area contributed by atoms with E-state index in [1.54, 1.807) is 6.07 Å². The van der Waals surface area contributed by atoms with E-state index in [4.69, 9.17) is 5.26 Å². The van der Waals surface area contributed by atoms with Crippen molar-refractivity contribution in [2.45, 2.75) is 6.36 Å². The van der Waals surface area contributed by atoms with E-state index in [0.717, 1.165) is 18.3 Å². The van der Waals surface area contributed by atoms with E-state index >= 15 is 0 Å². The number of aromatic amines is 1. The Balaban J connectivity index is 2.37. The Kier molecular flexibility index (Phi) is 4.80. The largest absolute Gasteiger partial charge is 0.573 e. The van der Waals surface area contributed by atoms with Crippen molar-refractivity contribution in [1.82, 2.24) is 20.6 Å². The summed E-state index contributed by atoms with van der Waals surface area (Å²) in [7, 11) is 0. The van der Waals surface area contributed by atoms with Gasteiger partial charge in [0.1, 0.15) is 11.6 Å². The number of nitrogens with one attached hydrogen (secondary N) is 2. The van der Waals surface area contributed by atoms with Gasteiger partial charge < -0.3 is 10.1 Å². The maximum atomic E-state index is 13.7. The van der Waals surface area contributed by atoms with Gasteiger partial charge in [0.15, 0.2) is 11.6 Å². The SMILES string of the molecule is N#CC(=CNc1cc(Br)cc(F)c1OC(F)(F)F)c1nn[nH]n1. The fourth-order valence-corrected chi connectivity index (χ4v) is 1.89. The van der Waals surface area contributed by atoms with Crippen LogP contribution in [-0.4, -0.2) is 27.0 Å². The Labute approximate surface area is 134 Å². The lowest BCUT2D eigenvalue weighted by Gasteiger charge is -2.14. The molecule has 120 valence electrons. The van der Waals surface area contributed by atoms with E-state index in [2.05, 4.69) is 46.6 Å². The quantitative estimate of drug-likeness (QED) is 0.612. The molecule has 1 heterocycles. The van der Waals surface area contributed by atoms with Gasteiger partial charge in [-0.1, -0.05) is 15.9 Å². The third kappa shape index (κ3) is 4.39. The molecule has 0 aliphatic rings. The molecule has 0 bridgehead atoms. The van der Waals surface area contributed by atoms with Crippen LogP contribution in [0.15, 0.2) is 22.8 Å². The minimum Gasteiger partial charge on any atom is -0.400 e. The van der Waals surface area contributed by atoms with Crippen LogP contribution in [0.4, 0.5) is 23.2 Å². The van der Waals surface area contributed by atoms with Crippen molar-refractivity contribution in [2.75, 3.05) is 5.32 Å². The maximum Gasteiger partial charge on any atom is 0.573 e. The van der Waals surface area contributed by atoms with Crippen LogP contribution < -0.4 is 10.1 Å².